The second-order valence-electron chi connectivity index (χ2n) is 6.19. The van der Waals surface area contributed by atoms with Crippen molar-refractivity contribution in [3.8, 4) is 21.8 Å². The van der Waals surface area contributed by atoms with Gasteiger partial charge in [-0.1, -0.05) is 36.4 Å². The predicted octanol–water partition coefficient (Wildman–Crippen LogP) is 5.24. The lowest BCUT2D eigenvalue weighted by molar-refractivity contribution is 0.748. The van der Waals surface area contributed by atoms with Crippen molar-refractivity contribution in [2.75, 3.05) is 6.54 Å². The Morgan fingerprint density at radius 3 is 2.64 bits per heavy atom. The number of aromatic nitrogens is 2. The lowest BCUT2D eigenvalue weighted by Crippen LogP contribution is -1.99. The third-order valence-electron chi connectivity index (χ3n) is 4.54. The Kier molecular flexibility index (Phi) is 4.63. The summed E-state index contributed by atoms with van der Waals surface area (Å²) in [6.07, 6.45) is 5.02. The monoisotopic (exact) mass is 347 g/mol. The number of benzene rings is 2. The lowest BCUT2D eigenvalue weighted by Gasteiger charge is -2.05. The standard InChI is InChI=1S/C21H21N3S/c22-11-5-4-8-17-18-14-16(15-6-2-1-3-7-15)9-10-19(18)24-20(17)21-23-12-13-25-21/h1-3,6-7,9-10,12-14,24H,4-5,8,11,22H2. The van der Waals surface area contributed by atoms with E-state index in [4.69, 9.17) is 5.73 Å². The van der Waals surface area contributed by atoms with Gasteiger partial charge in [-0.3, -0.25) is 0 Å². The van der Waals surface area contributed by atoms with Gasteiger partial charge in [0.05, 0.1) is 5.69 Å². The first-order valence-electron chi connectivity index (χ1n) is 8.67. The molecule has 3 N–H and O–H groups in total. The maximum Gasteiger partial charge on any atom is 0.139 e. The topological polar surface area (TPSA) is 54.7 Å². The number of H-pyrrole nitrogens is 1. The zero-order valence-corrected chi connectivity index (χ0v) is 14.9. The van der Waals surface area contributed by atoms with Crippen molar-refractivity contribution < 1.29 is 0 Å². The quantitative estimate of drug-likeness (QED) is 0.469. The summed E-state index contributed by atoms with van der Waals surface area (Å²) in [4.78, 5) is 8.10. The van der Waals surface area contributed by atoms with Gasteiger partial charge in [0.25, 0.3) is 0 Å². The molecule has 25 heavy (non-hydrogen) atoms. The van der Waals surface area contributed by atoms with Crippen LogP contribution in [-0.4, -0.2) is 16.5 Å². The molecule has 0 amide bonds. The predicted molar refractivity (Wildman–Crippen MR) is 107 cm³/mol. The maximum atomic E-state index is 5.70. The van der Waals surface area contributed by atoms with Gasteiger partial charge in [0, 0.05) is 22.5 Å². The second-order valence-corrected chi connectivity index (χ2v) is 7.08. The molecule has 3 nitrogen and oxygen atoms in total. The Bertz CT molecular complexity index is 956. The average Bonchev–Trinajstić information content (AvgIpc) is 3.30. The van der Waals surface area contributed by atoms with E-state index in [-0.39, 0.29) is 0 Å². The van der Waals surface area contributed by atoms with Gasteiger partial charge < -0.3 is 10.7 Å². The molecule has 0 fully saturated rings. The third-order valence-corrected chi connectivity index (χ3v) is 5.33. The molecule has 4 aromatic rings. The number of thiazole rings is 1. The zero-order valence-electron chi connectivity index (χ0n) is 14.0. The van der Waals surface area contributed by atoms with Crippen molar-refractivity contribution in [3.63, 3.8) is 0 Å². The number of hydrogen-bond donors (Lipinski definition) is 2. The highest BCUT2D eigenvalue weighted by atomic mass is 32.1. The summed E-state index contributed by atoms with van der Waals surface area (Å²) in [5.41, 5.74) is 11.9. The van der Waals surface area contributed by atoms with Crippen LogP contribution in [0, 0.1) is 0 Å². The average molecular weight is 347 g/mol. The molecule has 4 rings (SSSR count). The lowest BCUT2D eigenvalue weighted by atomic mass is 9.99. The fourth-order valence-corrected chi connectivity index (χ4v) is 3.96. The summed E-state index contributed by atoms with van der Waals surface area (Å²) < 4.78 is 0. The highest BCUT2D eigenvalue weighted by molar-refractivity contribution is 7.13. The Morgan fingerprint density at radius 1 is 1.00 bits per heavy atom. The molecule has 0 aliphatic heterocycles. The van der Waals surface area contributed by atoms with Crippen LogP contribution in [0.4, 0.5) is 0 Å². The van der Waals surface area contributed by atoms with Crippen molar-refractivity contribution in [2.24, 2.45) is 5.73 Å². The fourth-order valence-electron chi connectivity index (χ4n) is 3.29. The number of aryl methyl sites for hydroxylation is 1. The van der Waals surface area contributed by atoms with Crippen LogP contribution in [0.1, 0.15) is 18.4 Å². The van der Waals surface area contributed by atoms with Crippen LogP contribution < -0.4 is 5.73 Å². The number of nitrogens with zero attached hydrogens (tertiary/aromatic N) is 1. The highest BCUT2D eigenvalue weighted by Gasteiger charge is 2.15. The molecule has 2 aromatic carbocycles. The number of aromatic amines is 1. The normalized spacial score (nSPS) is 11.2. The van der Waals surface area contributed by atoms with Gasteiger partial charge in [0.15, 0.2) is 0 Å². The highest BCUT2D eigenvalue weighted by Crippen LogP contribution is 2.34. The minimum absolute atomic E-state index is 0.740. The molecule has 2 heterocycles. The zero-order chi connectivity index (χ0) is 17.1. The smallest absolute Gasteiger partial charge is 0.139 e. The van der Waals surface area contributed by atoms with E-state index in [1.165, 1.54) is 27.6 Å². The largest absolute Gasteiger partial charge is 0.352 e. The molecule has 0 atom stereocenters. The van der Waals surface area contributed by atoms with Crippen molar-refractivity contribution >= 4 is 22.2 Å². The second kappa shape index (κ2) is 7.21. The van der Waals surface area contributed by atoms with Crippen LogP contribution in [0.5, 0.6) is 0 Å². The minimum Gasteiger partial charge on any atom is -0.352 e. The Labute approximate surface area is 151 Å². The van der Waals surface area contributed by atoms with E-state index in [0.717, 1.165) is 36.5 Å². The maximum absolute atomic E-state index is 5.70. The first kappa shape index (κ1) is 16.1. The van der Waals surface area contributed by atoms with E-state index in [0.29, 0.717) is 0 Å². The molecule has 4 heteroatoms. The molecule has 0 saturated carbocycles. The number of nitrogens with one attached hydrogen (secondary N) is 1. The van der Waals surface area contributed by atoms with E-state index >= 15 is 0 Å². The van der Waals surface area contributed by atoms with Crippen LogP contribution >= 0.6 is 11.3 Å². The SMILES string of the molecule is NCCCCc1c(-c2nccs2)[nH]c2ccc(-c3ccccc3)cc12. The number of fused-ring (bicyclic) bond motifs is 1. The molecule has 0 radical (unpaired) electrons. The number of hydrogen-bond acceptors (Lipinski definition) is 3. The van der Waals surface area contributed by atoms with Gasteiger partial charge in [-0.15, -0.1) is 11.3 Å². The summed E-state index contributed by atoms with van der Waals surface area (Å²) >= 11 is 1.68. The molecular weight excluding hydrogens is 326 g/mol. The summed E-state index contributed by atoms with van der Waals surface area (Å²) in [6, 6.07) is 17.2. The minimum atomic E-state index is 0.740. The van der Waals surface area contributed by atoms with Crippen LogP contribution in [-0.2, 0) is 6.42 Å². The van der Waals surface area contributed by atoms with E-state index in [9.17, 15) is 0 Å². The van der Waals surface area contributed by atoms with Crippen LogP contribution in [0.3, 0.4) is 0 Å². The molecule has 0 unspecified atom stereocenters. The third kappa shape index (κ3) is 3.23. The first-order valence-corrected chi connectivity index (χ1v) is 9.55. The van der Waals surface area contributed by atoms with E-state index < -0.39 is 0 Å². The van der Waals surface area contributed by atoms with Crippen molar-refractivity contribution in [2.45, 2.75) is 19.3 Å². The molecule has 126 valence electrons. The van der Waals surface area contributed by atoms with Crippen LogP contribution in [0.15, 0.2) is 60.1 Å². The summed E-state index contributed by atoms with van der Waals surface area (Å²) in [7, 11) is 0. The van der Waals surface area contributed by atoms with E-state index in [1.807, 2.05) is 11.6 Å². The van der Waals surface area contributed by atoms with Gasteiger partial charge in [-0.2, -0.15) is 0 Å². The van der Waals surface area contributed by atoms with Gasteiger partial charge >= 0.3 is 0 Å². The van der Waals surface area contributed by atoms with E-state index in [1.54, 1.807) is 11.3 Å². The van der Waals surface area contributed by atoms with Crippen molar-refractivity contribution in [1.29, 1.82) is 0 Å². The van der Waals surface area contributed by atoms with E-state index in [2.05, 4.69) is 58.5 Å². The number of unbranched alkanes of at least 4 members (excludes halogenated alkanes) is 1. The first-order chi connectivity index (χ1) is 12.4. The molecule has 0 aliphatic carbocycles. The number of rotatable bonds is 6. The Balaban J connectivity index is 1.83. The molecular formula is C21H21N3S. The number of nitrogens with two attached hydrogens (primary N) is 1. The van der Waals surface area contributed by atoms with Gasteiger partial charge in [-0.05, 0) is 54.6 Å². The summed E-state index contributed by atoms with van der Waals surface area (Å²) in [6.45, 7) is 0.740. The molecule has 0 spiro atoms. The molecule has 0 aliphatic rings. The van der Waals surface area contributed by atoms with Crippen LogP contribution in [0.2, 0.25) is 0 Å². The van der Waals surface area contributed by atoms with Gasteiger partial charge in [-0.25, -0.2) is 4.98 Å². The summed E-state index contributed by atoms with van der Waals surface area (Å²) in [5, 5.41) is 4.38. The Hall–Kier alpha value is -2.43. The van der Waals surface area contributed by atoms with Gasteiger partial charge in [0.1, 0.15) is 5.01 Å². The van der Waals surface area contributed by atoms with Crippen molar-refractivity contribution in [3.05, 3.63) is 65.7 Å². The van der Waals surface area contributed by atoms with Gasteiger partial charge in [0.2, 0.25) is 0 Å². The molecule has 2 aromatic heterocycles. The molecule has 0 saturated heterocycles. The fraction of sp³-hybridized carbons (Fsp3) is 0.190. The summed E-state index contributed by atoms with van der Waals surface area (Å²) in [5.74, 6) is 0. The molecule has 0 bridgehead atoms. The Morgan fingerprint density at radius 2 is 1.88 bits per heavy atom. The van der Waals surface area contributed by atoms with Crippen molar-refractivity contribution in [1.82, 2.24) is 9.97 Å². The van der Waals surface area contributed by atoms with Crippen LogP contribution in [0.25, 0.3) is 32.7 Å².